The topological polar surface area (TPSA) is 23.6 Å². The summed E-state index contributed by atoms with van der Waals surface area (Å²) in [5.41, 5.74) is 0. The van der Waals surface area contributed by atoms with Gasteiger partial charge in [0.05, 0.1) is 0 Å². The highest BCUT2D eigenvalue weighted by Gasteiger charge is 2.23. The Balaban J connectivity index is 1.73. The van der Waals surface area contributed by atoms with Gasteiger partial charge in [0.25, 0.3) is 0 Å². The van der Waals surface area contributed by atoms with E-state index in [1.165, 1.54) is 32.1 Å². The zero-order chi connectivity index (χ0) is 11.4. The van der Waals surface area contributed by atoms with Crippen LogP contribution in [0.25, 0.3) is 0 Å². The van der Waals surface area contributed by atoms with E-state index in [-0.39, 0.29) is 0 Å². The number of piperidine rings is 2. The lowest BCUT2D eigenvalue weighted by atomic mass is 9.93. The SMILES string of the molecule is CN1CCC(CC(=O)N2CCCCC2)CC1. The Kier molecular flexibility index (Phi) is 4.22. The van der Waals surface area contributed by atoms with Gasteiger partial charge in [-0.3, -0.25) is 4.79 Å². The quantitative estimate of drug-likeness (QED) is 0.713. The maximum Gasteiger partial charge on any atom is 0.222 e. The third-order valence-corrected chi connectivity index (χ3v) is 4.01. The molecule has 2 rings (SSSR count). The molecule has 0 unspecified atom stereocenters. The van der Waals surface area contributed by atoms with Crippen LogP contribution in [0.5, 0.6) is 0 Å². The maximum absolute atomic E-state index is 12.1. The Labute approximate surface area is 98.8 Å². The molecule has 92 valence electrons. The summed E-state index contributed by atoms with van der Waals surface area (Å²) in [6, 6.07) is 0. The van der Waals surface area contributed by atoms with Crippen molar-refractivity contribution in [2.24, 2.45) is 5.92 Å². The normalized spacial score (nSPS) is 24.7. The van der Waals surface area contributed by atoms with Crippen LogP contribution in [0.1, 0.15) is 38.5 Å². The smallest absolute Gasteiger partial charge is 0.222 e. The Morgan fingerprint density at radius 3 is 2.31 bits per heavy atom. The van der Waals surface area contributed by atoms with Crippen molar-refractivity contribution in [3.8, 4) is 0 Å². The molecular formula is C13H24N2O. The Bertz CT molecular complexity index is 228. The highest BCUT2D eigenvalue weighted by Crippen LogP contribution is 2.21. The van der Waals surface area contributed by atoms with Crippen molar-refractivity contribution in [2.45, 2.75) is 38.5 Å². The molecular weight excluding hydrogens is 200 g/mol. The van der Waals surface area contributed by atoms with E-state index in [4.69, 9.17) is 0 Å². The highest BCUT2D eigenvalue weighted by molar-refractivity contribution is 5.76. The molecule has 2 heterocycles. The number of carbonyl (C=O) groups excluding carboxylic acids is 1. The third-order valence-electron chi connectivity index (χ3n) is 4.01. The molecule has 2 aliphatic rings. The fourth-order valence-corrected chi connectivity index (χ4v) is 2.79. The van der Waals surface area contributed by atoms with Crippen molar-refractivity contribution in [1.29, 1.82) is 0 Å². The summed E-state index contributed by atoms with van der Waals surface area (Å²) < 4.78 is 0. The Hall–Kier alpha value is -0.570. The average molecular weight is 224 g/mol. The molecule has 0 aromatic heterocycles. The minimum absolute atomic E-state index is 0.411. The highest BCUT2D eigenvalue weighted by atomic mass is 16.2. The number of nitrogens with zero attached hydrogens (tertiary/aromatic N) is 2. The molecule has 0 aromatic rings. The van der Waals surface area contributed by atoms with E-state index >= 15 is 0 Å². The first-order valence-corrected chi connectivity index (χ1v) is 6.72. The van der Waals surface area contributed by atoms with E-state index in [0.29, 0.717) is 11.8 Å². The van der Waals surface area contributed by atoms with Gasteiger partial charge in [0, 0.05) is 19.5 Å². The standard InChI is InChI=1S/C13H24N2O/c1-14-9-5-12(6-10-14)11-13(16)15-7-3-2-4-8-15/h12H,2-11H2,1H3. The van der Waals surface area contributed by atoms with Gasteiger partial charge in [-0.2, -0.15) is 0 Å². The minimum Gasteiger partial charge on any atom is -0.343 e. The van der Waals surface area contributed by atoms with Gasteiger partial charge >= 0.3 is 0 Å². The van der Waals surface area contributed by atoms with Gasteiger partial charge in [0.15, 0.2) is 0 Å². The van der Waals surface area contributed by atoms with E-state index < -0.39 is 0 Å². The Morgan fingerprint density at radius 1 is 1.06 bits per heavy atom. The first kappa shape index (κ1) is 11.9. The molecule has 0 aromatic carbocycles. The van der Waals surface area contributed by atoms with Crippen molar-refractivity contribution in [2.75, 3.05) is 33.2 Å². The van der Waals surface area contributed by atoms with Crippen molar-refractivity contribution >= 4 is 5.91 Å². The number of carbonyl (C=O) groups is 1. The molecule has 2 saturated heterocycles. The first-order chi connectivity index (χ1) is 7.75. The third kappa shape index (κ3) is 3.21. The zero-order valence-electron chi connectivity index (χ0n) is 10.5. The fraction of sp³-hybridized carbons (Fsp3) is 0.923. The predicted molar refractivity (Wildman–Crippen MR) is 65.3 cm³/mol. The number of likely N-dealkylation sites (tertiary alicyclic amines) is 2. The second kappa shape index (κ2) is 5.67. The lowest BCUT2D eigenvalue weighted by molar-refractivity contribution is -0.133. The molecule has 1 amide bonds. The number of rotatable bonds is 2. The van der Waals surface area contributed by atoms with E-state index in [2.05, 4.69) is 16.8 Å². The van der Waals surface area contributed by atoms with Gasteiger partial charge in [-0.1, -0.05) is 0 Å². The van der Waals surface area contributed by atoms with Crippen LogP contribution >= 0.6 is 0 Å². The van der Waals surface area contributed by atoms with Crippen LogP contribution in [0.2, 0.25) is 0 Å². The van der Waals surface area contributed by atoms with Gasteiger partial charge < -0.3 is 9.80 Å². The molecule has 0 radical (unpaired) electrons. The zero-order valence-corrected chi connectivity index (χ0v) is 10.5. The molecule has 0 N–H and O–H groups in total. The van der Waals surface area contributed by atoms with E-state index in [1.807, 2.05) is 0 Å². The van der Waals surface area contributed by atoms with E-state index in [0.717, 1.165) is 32.6 Å². The lowest BCUT2D eigenvalue weighted by Crippen LogP contribution is -2.38. The molecule has 0 aliphatic carbocycles. The molecule has 16 heavy (non-hydrogen) atoms. The van der Waals surface area contributed by atoms with Crippen molar-refractivity contribution < 1.29 is 4.79 Å². The van der Waals surface area contributed by atoms with Crippen LogP contribution in [-0.2, 0) is 4.79 Å². The summed E-state index contributed by atoms with van der Waals surface area (Å²) >= 11 is 0. The van der Waals surface area contributed by atoms with Crippen molar-refractivity contribution in [3.05, 3.63) is 0 Å². The van der Waals surface area contributed by atoms with E-state index in [1.54, 1.807) is 0 Å². The van der Waals surface area contributed by atoms with Crippen LogP contribution in [-0.4, -0.2) is 48.9 Å². The molecule has 0 atom stereocenters. The van der Waals surface area contributed by atoms with Gasteiger partial charge in [0.1, 0.15) is 0 Å². The number of amides is 1. The maximum atomic E-state index is 12.1. The molecule has 3 heteroatoms. The van der Waals surface area contributed by atoms with Gasteiger partial charge in [-0.05, 0) is 58.2 Å². The molecule has 0 saturated carbocycles. The van der Waals surface area contributed by atoms with Crippen molar-refractivity contribution in [3.63, 3.8) is 0 Å². The molecule has 2 fully saturated rings. The monoisotopic (exact) mass is 224 g/mol. The van der Waals surface area contributed by atoms with Gasteiger partial charge in [0.2, 0.25) is 5.91 Å². The van der Waals surface area contributed by atoms with Crippen LogP contribution in [0, 0.1) is 5.92 Å². The first-order valence-electron chi connectivity index (χ1n) is 6.72. The van der Waals surface area contributed by atoms with Crippen LogP contribution in [0.3, 0.4) is 0 Å². The molecule has 3 nitrogen and oxygen atoms in total. The second-order valence-electron chi connectivity index (χ2n) is 5.39. The molecule has 0 bridgehead atoms. The fourth-order valence-electron chi connectivity index (χ4n) is 2.79. The largest absolute Gasteiger partial charge is 0.343 e. The minimum atomic E-state index is 0.411. The van der Waals surface area contributed by atoms with Gasteiger partial charge in [-0.15, -0.1) is 0 Å². The van der Waals surface area contributed by atoms with Crippen LogP contribution < -0.4 is 0 Å². The van der Waals surface area contributed by atoms with Gasteiger partial charge in [-0.25, -0.2) is 0 Å². The lowest BCUT2D eigenvalue weighted by Gasteiger charge is -2.32. The summed E-state index contributed by atoms with van der Waals surface area (Å²) in [5.74, 6) is 1.06. The van der Waals surface area contributed by atoms with Crippen molar-refractivity contribution in [1.82, 2.24) is 9.80 Å². The molecule has 0 spiro atoms. The van der Waals surface area contributed by atoms with Crippen LogP contribution in [0.4, 0.5) is 0 Å². The van der Waals surface area contributed by atoms with Crippen LogP contribution in [0.15, 0.2) is 0 Å². The average Bonchev–Trinajstić information content (AvgIpc) is 2.33. The summed E-state index contributed by atoms with van der Waals surface area (Å²) in [4.78, 5) is 16.5. The number of hydrogen-bond acceptors (Lipinski definition) is 2. The summed E-state index contributed by atoms with van der Waals surface area (Å²) in [6.45, 7) is 4.34. The van der Waals surface area contributed by atoms with E-state index in [9.17, 15) is 4.79 Å². The second-order valence-corrected chi connectivity index (χ2v) is 5.39. The summed E-state index contributed by atoms with van der Waals surface area (Å²) in [5, 5.41) is 0. The molecule has 2 aliphatic heterocycles. The summed E-state index contributed by atoms with van der Waals surface area (Å²) in [7, 11) is 2.17. The predicted octanol–water partition coefficient (Wildman–Crippen LogP) is 1.73. The summed E-state index contributed by atoms with van der Waals surface area (Å²) in [6.07, 6.45) is 6.93. The Morgan fingerprint density at radius 2 is 1.69 bits per heavy atom. The number of hydrogen-bond donors (Lipinski definition) is 0.